The zero-order chi connectivity index (χ0) is 19.6. The fraction of sp³-hybridized carbons (Fsp3) is 0.286. The Kier molecular flexibility index (Phi) is 8.01. The summed E-state index contributed by atoms with van der Waals surface area (Å²) in [6.45, 7) is 3.89. The number of carbonyl (C=O) groups excluding carboxylic acids is 2. The van der Waals surface area contributed by atoms with Crippen molar-refractivity contribution in [3.8, 4) is 0 Å². The molecule has 2 rings (SSSR count). The summed E-state index contributed by atoms with van der Waals surface area (Å²) in [6, 6.07) is 15.0. The summed E-state index contributed by atoms with van der Waals surface area (Å²) in [6.07, 6.45) is 1.81. The number of rotatable bonds is 8. The van der Waals surface area contributed by atoms with Crippen LogP contribution in [-0.4, -0.2) is 17.5 Å². The normalized spacial score (nSPS) is 11.1. The number of hydrogen-bond acceptors (Lipinski definition) is 3. The zero-order valence-electron chi connectivity index (χ0n) is 15.6. The molecular formula is C21H24ClN3O2. The predicted octanol–water partition coefficient (Wildman–Crippen LogP) is 4.69. The number of halogens is 1. The van der Waals surface area contributed by atoms with Crippen LogP contribution in [0.25, 0.3) is 0 Å². The molecule has 0 aliphatic carbocycles. The predicted molar refractivity (Wildman–Crippen MR) is 110 cm³/mol. The molecule has 0 aromatic heterocycles. The quantitative estimate of drug-likeness (QED) is 0.511. The van der Waals surface area contributed by atoms with Crippen molar-refractivity contribution in [3.05, 3.63) is 64.7 Å². The van der Waals surface area contributed by atoms with Gasteiger partial charge in [-0.15, -0.1) is 0 Å². The van der Waals surface area contributed by atoms with E-state index in [1.54, 1.807) is 18.2 Å². The lowest BCUT2D eigenvalue weighted by Crippen LogP contribution is -2.22. The van der Waals surface area contributed by atoms with E-state index >= 15 is 0 Å². The van der Waals surface area contributed by atoms with E-state index < -0.39 is 0 Å². The number of carbonyl (C=O) groups is 2. The second kappa shape index (κ2) is 10.5. The van der Waals surface area contributed by atoms with Gasteiger partial charge in [-0.05, 0) is 36.6 Å². The molecule has 0 bridgehead atoms. The van der Waals surface area contributed by atoms with Crippen LogP contribution in [0.2, 0.25) is 5.02 Å². The molecule has 0 atom stereocenters. The first-order valence-corrected chi connectivity index (χ1v) is 9.34. The van der Waals surface area contributed by atoms with E-state index in [1.165, 1.54) is 0 Å². The van der Waals surface area contributed by atoms with Crippen LogP contribution in [0, 0.1) is 6.92 Å². The Morgan fingerprint density at radius 2 is 1.67 bits per heavy atom. The Balaban J connectivity index is 1.87. The number of hydrogen-bond donors (Lipinski definition) is 2. The minimum atomic E-state index is -0.294. The fourth-order valence-corrected chi connectivity index (χ4v) is 2.68. The van der Waals surface area contributed by atoms with Crippen molar-refractivity contribution in [3.63, 3.8) is 0 Å². The molecule has 2 N–H and O–H groups in total. The minimum absolute atomic E-state index is 0.0587. The third kappa shape index (κ3) is 6.53. The first kappa shape index (κ1) is 20.6. The Morgan fingerprint density at radius 1 is 0.963 bits per heavy atom. The topological polar surface area (TPSA) is 70.6 Å². The van der Waals surface area contributed by atoms with Gasteiger partial charge in [0.1, 0.15) is 0 Å². The highest BCUT2D eigenvalue weighted by atomic mass is 35.5. The smallest absolute Gasteiger partial charge is 0.240 e. The van der Waals surface area contributed by atoms with Gasteiger partial charge in [-0.3, -0.25) is 9.59 Å². The van der Waals surface area contributed by atoms with Crippen LogP contribution >= 0.6 is 11.6 Å². The maximum Gasteiger partial charge on any atom is 0.240 e. The fourth-order valence-electron chi connectivity index (χ4n) is 2.50. The molecule has 0 aliphatic heterocycles. The van der Waals surface area contributed by atoms with E-state index in [-0.39, 0.29) is 24.7 Å². The number of hydrazone groups is 1. The molecule has 2 aromatic rings. The van der Waals surface area contributed by atoms with Crippen LogP contribution in [0.4, 0.5) is 5.69 Å². The molecule has 0 heterocycles. The lowest BCUT2D eigenvalue weighted by molar-refractivity contribution is -0.124. The number of nitrogens with one attached hydrogen (secondary N) is 2. The van der Waals surface area contributed by atoms with Crippen molar-refractivity contribution in [1.29, 1.82) is 0 Å². The molecule has 142 valence electrons. The molecule has 27 heavy (non-hydrogen) atoms. The third-order valence-electron chi connectivity index (χ3n) is 4.03. The standard InChI is InChI=1S/C21H24ClN3O2/c1-3-8-19(16-9-5-4-6-10-16)24-25-21(27)14-13-20(26)23-18-12-7-11-17(22)15(18)2/h4-7,9-12H,3,8,13-14H2,1-2H3,(H,23,26)(H,25,27)/b24-19-. The highest BCUT2D eigenvalue weighted by Crippen LogP contribution is 2.23. The third-order valence-corrected chi connectivity index (χ3v) is 4.44. The molecule has 0 fully saturated rings. The van der Waals surface area contributed by atoms with Gasteiger partial charge in [-0.25, -0.2) is 5.43 Å². The van der Waals surface area contributed by atoms with E-state index in [2.05, 4.69) is 22.8 Å². The maximum atomic E-state index is 12.1. The lowest BCUT2D eigenvalue weighted by atomic mass is 10.1. The summed E-state index contributed by atoms with van der Waals surface area (Å²) < 4.78 is 0. The maximum absolute atomic E-state index is 12.1. The van der Waals surface area contributed by atoms with Gasteiger partial charge in [0, 0.05) is 23.6 Å². The van der Waals surface area contributed by atoms with Gasteiger partial charge in [0.2, 0.25) is 11.8 Å². The van der Waals surface area contributed by atoms with Crippen LogP contribution in [-0.2, 0) is 9.59 Å². The molecule has 0 spiro atoms. The Morgan fingerprint density at radius 3 is 2.37 bits per heavy atom. The summed E-state index contributed by atoms with van der Waals surface area (Å²) in [5.41, 5.74) is 5.81. The molecule has 2 amide bonds. The Labute approximate surface area is 164 Å². The zero-order valence-corrected chi connectivity index (χ0v) is 16.3. The largest absolute Gasteiger partial charge is 0.326 e. The molecule has 0 saturated carbocycles. The van der Waals surface area contributed by atoms with Crippen molar-refractivity contribution in [2.45, 2.75) is 39.5 Å². The number of anilines is 1. The van der Waals surface area contributed by atoms with E-state index in [1.807, 2.05) is 37.3 Å². The van der Waals surface area contributed by atoms with E-state index in [9.17, 15) is 9.59 Å². The average molecular weight is 386 g/mol. The number of benzene rings is 2. The van der Waals surface area contributed by atoms with Crippen molar-refractivity contribution in [1.82, 2.24) is 5.43 Å². The molecule has 2 aromatic carbocycles. The SMILES string of the molecule is CCC/C(=N/NC(=O)CCC(=O)Nc1cccc(Cl)c1C)c1ccccc1. The molecule has 6 heteroatoms. The molecule has 0 aliphatic rings. The lowest BCUT2D eigenvalue weighted by Gasteiger charge is -2.09. The van der Waals surface area contributed by atoms with Crippen LogP contribution in [0.3, 0.4) is 0 Å². The van der Waals surface area contributed by atoms with Crippen molar-refractivity contribution in [2.75, 3.05) is 5.32 Å². The van der Waals surface area contributed by atoms with Gasteiger partial charge < -0.3 is 5.32 Å². The molecular weight excluding hydrogens is 362 g/mol. The Bertz CT molecular complexity index is 819. The Hall–Kier alpha value is -2.66. The van der Waals surface area contributed by atoms with Crippen LogP contribution in [0.5, 0.6) is 0 Å². The summed E-state index contributed by atoms with van der Waals surface area (Å²) in [5.74, 6) is -0.533. The highest BCUT2D eigenvalue weighted by molar-refractivity contribution is 6.31. The minimum Gasteiger partial charge on any atom is -0.326 e. The van der Waals surface area contributed by atoms with Gasteiger partial charge in [0.25, 0.3) is 0 Å². The molecule has 0 unspecified atom stereocenters. The number of nitrogens with zero attached hydrogens (tertiary/aromatic N) is 1. The second-order valence-electron chi connectivity index (χ2n) is 6.17. The van der Waals surface area contributed by atoms with Gasteiger partial charge >= 0.3 is 0 Å². The molecule has 0 radical (unpaired) electrons. The molecule has 5 nitrogen and oxygen atoms in total. The van der Waals surface area contributed by atoms with Gasteiger partial charge in [-0.1, -0.05) is 61.3 Å². The average Bonchev–Trinajstić information content (AvgIpc) is 2.68. The van der Waals surface area contributed by atoms with Gasteiger partial charge in [0.05, 0.1) is 5.71 Å². The van der Waals surface area contributed by atoms with E-state index in [0.29, 0.717) is 10.7 Å². The van der Waals surface area contributed by atoms with Crippen LogP contribution in [0.15, 0.2) is 53.6 Å². The van der Waals surface area contributed by atoms with Crippen LogP contribution < -0.4 is 10.7 Å². The first-order chi connectivity index (χ1) is 13.0. The van der Waals surface area contributed by atoms with Crippen LogP contribution in [0.1, 0.15) is 43.7 Å². The summed E-state index contributed by atoms with van der Waals surface area (Å²) in [4.78, 5) is 24.1. The number of amides is 2. The summed E-state index contributed by atoms with van der Waals surface area (Å²) in [5, 5.41) is 7.60. The summed E-state index contributed by atoms with van der Waals surface area (Å²) >= 11 is 6.04. The van der Waals surface area contributed by atoms with Crippen molar-refractivity contribution >= 4 is 34.8 Å². The van der Waals surface area contributed by atoms with Gasteiger partial charge in [-0.2, -0.15) is 5.10 Å². The monoisotopic (exact) mass is 385 g/mol. The second-order valence-corrected chi connectivity index (χ2v) is 6.58. The summed E-state index contributed by atoms with van der Waals surface area (Å²) in [7, 11) is 0. The molecule has 0 saturated heterocycles. The first-order valence-electron chi connectivity index (χ1n) is 8.97. The van der Waals surface area contributed by atoms with Crippen molar-refractivity contribution < 1.29 is 9.59 Å². The van der Waals surface area contributed by atoms with E-state index in [4.69, 9.17) is 11.6 Å². The van der Waals surface area contributed by atoms with Gasteiger partial charge in [0.15, 0.2) is 0 Å². The van der Waals surface area contributed by atoms with E-state index in [0.717, 1.165) is 29.7 Å². The van der Waals surface area contributed by atoms with Crippen molar-refractivity contribution in [2.24, 2.45) is 5.10 Å². The highest BCUT2D eigenvalue weighted by Gasteiger charge is 2.10.